The molecule has 1 fully saturated rings. The zero-order valence-electron chi connectivity index (χ0n) is 17.3. The molecule has 2 aromatic rings. The minimum Gasteiger partial charge on any atom is -0.479 e. The molecule has 0 aromatic heterocycles. The highest BCUT2D eigenvalue weighted by Gasteiger charge is 2.23. The molecule has 8 heteroatoms. The van der Waals surface area contributed by atoms with Crippen molar-refractivity contribution in [1.29, 1.82) is 0 Å². The summed E-state index contributed by atoms with van der Waals surface area (Å²) in [6.07, 6.45) is -0.785. The van der Waals surface area contributed by atoms with E-state index >= 15 is 0 Å². The number of hydrogen-bond acceptors (Lipinski definition) is 4. The lowest BCUT2D eigenvalue weighted by atomic mass is 10.0. The average molecular weight is 454 g/mol. The number of benzene rings is 2. The molecule has 0 saturated carbocycles. The maximum Gasteiger partial charge on any atom is 0.261 e. The number of anilines is 1. The maximum absolute atomic E-state index is 14.0. The fourth-order valence-electron chi connectivity index (χ4n) is 3.43. The summed E-state index contributed by atoms with van der Waals surface area (Å²) in [6.45, 7) is 7.05. The first kappa shape index (κ1) is 22.7. The molecule has 1 heterocycles. The molecule has 1 aliphatic rings. The van der Waals surface area contributed by atoms with Crippen molar-refractivity contribution in [3.8, 4) is 5.75 Å². The van der Waals surface area contributed by atoms with E-state index < -0.39 is 12.1 Å². The lowest BCUT2D eigenvalue weighted by Gasteiger charge is -2.36. The first-order valence-electron chi connectivity index (χ1n) is 9.89. The Labute approximate surface area is 186 Å². The average Bonchev–Trinajstić information content (AvgIpc) is 2.70. The van der Waals surface area contributed by atoms with Crippen LogP contribution in [-0.2, 0) is 4.79 Å². The fraction of sp³-hybridized carbons (Fsp3) is 0.409. The van der Waals surface area contributed by atoms with Gasteiger partial charge in [0.2, 0.25) is 0 Å². The monoisotopic (exact) mass is 453 g/mol. The maximum atomic E-state index is 14.0. The predicted octanol–water partition coefficient (Wildman–Crippen LogP) is 4.53. The van der Waals surface area contributed by atoms with Gasteiger partial charge in [0, 0.05) is 42.5 Å². The Morgan fingerprint density at radius 1 is 1.10 bits per heavy atom. The Morgan fingerprint density at radius 3 is 2.47 bits per heavy atom. The van der Waals surface area contributed by atoms with E-state index in [4.69, 9.17) is 27.9 Å². The van der Waals surface area contributed by atoms with Crippen molar-refractivity contribution in [1.82, 2.24) is 10.2 Å². The van der Waals surface area contributed by atoms with Crippen molar-refractivity contribution in [3.63, 3.8) is 0 Å². The summed E-state index contributed by atoms with van der Waals surface area (Å²) < 4.78 is 19.7. The molecule has 3 rings (SSSR count). The Kier molecular flexibility index (Phi) is 7.45. The smallest absolute Gasteiger partial charge is 0.261 e. The number of amides is 1. The molecule has 2 atom stereocenters. The first-order valence-corrected chi connectivity index (χ1v) is 10.6. The summed E-state index contributed by atoms with van der Waals surface area (Å²) in [5.74, 6) is -0.274. The molecule has 1 aliphatic heterocycles. The molecule has 162 valence electrons. The standard InChI is InChI=1S/C22H26Cl2FN3O2/c1-14(26-22(29)15(2)30-21-7-4-16(23)12-19(21)24)18-13-17(25)5-6-20(18)28-10-8-27(3)9-11-28/h4-7,12-15H,8-11H2,1-3H3,(H,26,29). The number of rotatable bonds is 6. The second-order valence-corrected chi connectivity index (χ2v) is 8.40. The third kappa shape index (κ3) is 5.56. The highest BCUT2D eigenvalue weighted by molar-refractivity contribution is 6.35. The van der Waals surface area contributed by atoms with Gasteiger partial charge in [-0.1, -0.05) is 23.2 Å². The first-order chi connectivity index (χ1) is 14.2. The van der Waals surface area contributed by atoms with E-state index in [1.165, 1.54) is 12.1 Å². The largest absolute Gasteiger partial charge is 0.479 e. The molecule has 0 aliphatic carbocycles. The molecule has 0 spiro atoms. The van der Waals surface area contributed by atoms with Gasteiger partial charge in [-0.3, -0.25) is 4.79 Å². The van der Waals surface area contributed by atoms with Crippen molar-refractivity contribution < 1.29 is 13.9 Å². The number of nitrogens with one attached hydrogen (secondary N) is 1. The van der Waals surface area contributed by atoms with Gasteiger partial charge >= 0.3 is 0 Å². The van der Waals surface area contributed by atoms with Crippen LogP contribution >= 0.6 is 23.2 Å². The van der Waals surface area contributed by atoms with Crippen molar-refractivity contribution in [3.05, 3.63) is 57.8 Å². The van der Waals surface area contributed by atoms with Gasteiger partial charge in [-0.15, -0.1) is 0 Å². The van der Waals surface area contributed by atoms with Gasteiger partial charge in [0.25, 0.3) is 5.91 Å². The third-order valence-electron chi connectivity index (χ3n) is 5.23. The second-order valence-electron chi connectivity index (χ2n) is 7.56. The molecular formula is C22H26Cl2FN3O2. The highest BCUT2D eigenvalue weighted by Crippen LogP contribution is 2.30. The summed E-state index contributed by atoms with van der Waals surface area (Å²) >= 11 is 12.0. The number of piperazine rings is 1. The van der Waals surface area contributed by atoms with Crippen LogP contribution in [0.15, 0.2) is 36.4 Å². The molecule has 1 saturated heterocycles. The van der Waals surface area contributed by atoms with Gasteiger partial charge in [-0.05, 0) is 57.3 Å². The van der Waals surface area contributed by atoms with Gasteiger partial charge in [-0.2, -0.15) is 0 Å². The summed E-state index contributed by atoms with van der Waals surface area (Å²) in [7, 11) is 2.08. The van der Waals surface area contributed by atoms with Crippen LogP contribution in [0.5, 0.6) is 5.75 Å². The lowest BCUT2D eigenvalue weighted by Crippen LogP contribution is -2.45. The van der Waals surface area contributed by atoms with Crippen LogP contribution in [-0.4, -0.2) is 50.1 Å². The Hall–Kier alpha value is -2.02. The van der Waals surface area contributed by atoms with Crippen molar-refractivity contribution in [2.75, 3.05) is 38.1 Å². The van der Waals surface area contributed by atoms with Crippen LogP contribution in [0.4, 0.5) is 10.1 Å². The molecule has 1 amide bonds. The Morgan fingerprint density at radius 2 is 1.80 bits per heavy atom. The number of ether oxygens (including phenoxy) is 1. The topological polar surface area (TPSA) is 44.8 Å². The van der Waals surface area contributed by atoms with E-state index in [2.05, 4.69) is 22.2 Å². The number of carbonyl (C=O) groups excluding carboxylic acids is 1. The Bertz CT molecular complexity index is 904. The Balaban J connectivity index is 1.70. The van der Waals surface area contributed by atoms with Crippen molar-refractivity contribution >= 4 is 34.8 Å². The summed E-state index contributed by atoms with van der Waals surface area (Å²) in [5.41, 5.74) is 1.68. The quantitative estimate of drug-likeness (QED) is 0.697. The molecule has 30 heavy (non-hydrogen) atoms. The molecule has 0 radical (unpaired) electrons. The number of carbonyl (C=O) groups is 1. The minimum atomic E-state index is -0.785. The van der Waals surface area contributed by atoms with Crippen LogP contribution in [0.2, 0.25) is 10.0 Å². The minimum absolute atomic E-state index is 0.317. The second kappa shape index (κ2) is 9.86. The zero-order chi connectivity index (χ0) is 21.8. The van der Waals surface area contributed by atoms with E-state index in [9.17, 15) is 9.18 Å². The van der Waals surface area contributed by atoms with Crippen LogP contribution < -0.4 is 15.0 Å². The normalized spacial score (nSPS) is 16.8. The van der Waals surface area contributed by atoms with Gasteiger partial charge < -0.3 is 19.9 Å². The van der Waals surface area contributed by atoms with Crippen LogP contribution in [0.1, 0.15) is 25.5 Å². The summed E-state index contributed by atoms with van der Waals surface area (Å²) in [6, 6.07) is 9.16. The van der Waals surface area contributed by atoms with Crippen molar-refractivity contribution in [2.45, 2.75) is 26.0 Å². The summed E-state index contributed by atoms with van der Waals surface area (Å²) in [5, 5.41) is 3.74. The summed E-state index contributed by atoms with van der Waals surface area (Å²) in [4.78, 5) is 17.2. The molecular weight excluding hydrogens is 428 g/mol. The van der Waals surface area contributed by atoms with Gasteiger partial charge in [0.15, 0.2) is 6.10 Å². The number of nitrogens with zero attached hydrogens (tertiary/aromatic N) is 2. The molecule has 1 N–H and O–H groups in total. The van der Waals surface area contributed by atoms with Gasteiger partial charge in [-0.25, -0.2) is 4.39 Å². The van der Waals surface area contributed by atoms with E-state index in [0.29, 0.717) is 15.8 Å². The molecule has 5 nitrogen and oxygen atoms in total. The van der Waals surface area contributed by atoms with Crippen LogP contribution in [0, 0.1) is 5.82 Å². The zero-order valence-corrected chi connectivity index (χ0v) is 18.8. The van der Waals surface area contributed by atoms with Crippen LogP contribution in [0.25, 0.3) is 0 Å². The van der Waals surface area contributed by atoms with E-state index in [0.717, 1.165) is 37.4 Å². The molecule has 0 bridgehead atoms. The predicted molar refractivity (Wildman–Crippen MR) is 119 cm³/mol. The van der Waals surface area contributed by atoms with E-state index in [1.54, 1.807) is 31.2 Å². The number of halogens is 3. The highest BCUT2D eigenvalue weighted by atomic mass is 35.5. The lowest BCUT2D eigenvalue weighted by molar-refractivity contribution is -0.127. The number of hydrogen-bond donors (Lipinski definition) is 1. The molecule has 2 unspecified atom stereocenters. The molecule has 2 aromatic carbocycles. The third-order valence-corrected chi connectivity index (χ3v) is 5.76. The van der Waals surface area contributed by atoms with Crippen molar-refractivity contribution in [2.24, 2.45) is 0 Å². The number of likely N-dealkylation sites (N-methyl/N-ethyl adjacent to an activating group) is 1. The van der Waals surface area contributed by atoms with Crippen LogP contribution in [0.3, 0.4) is 0 Å². The fourth-order valence-corrected chi connectivity index (χ4v) is 3.88. The van der Waals surface area contributed by atoms with E-state index in [1.807, 2.05) is 6.92 Å². The van der Waals surface area contributed by atoms with Gasteiger partial charge in [0.05, 0.1) is 11.1 Å². The van der Waals surface area contributed by atoms with Gasteiger partial charge in [0.1, 0.15) is 11.6 Å². The SMILES string of the molecule is CC(Oc1ccc(Cl)cc1Cl)C(=O)NC(C)c1cc(F)ccc1N1CCN(C)CC1. The van der Waals surface area contributed by atoms with E-state index in [-0.39, 0.29) is 11.7 Å².